The molecule has 124 valence electrons. The highest BCUT2D eigenvalue weighted by Gasteiger charge is 2.09. The molecule has 2 aromatic carbocycles. The number of hydrogen-bond acceptors (Lipinski definition) is 3. The number of halogens is 3. The fraction of sp³-hybridized carbons (Fsp3) is 0.125. The number of ether oxygens (including phenoxy) is 1. The van der Waals surface area contributed by atoms with Crippen molar-refractivity contribution in [2.75, 3.05) is 6.61 Å². The minimum Gasteiger partial charge on any atom is -0.482 e. The first-order chi connectivity index (χ1) is 11.5. The number of nitrogens with zero attached hydrogens (tertiary/aromatic N) is 2. The molecular formula is C16H11Cl3N2O2S. The lowest BCUT2D eigenvalue weighted by Crippen LogP contribution is -2.17. The number of carbonyl (C=O) groups is 1. The molecule has 0 saturated heterocycles. The predicted octanol–water partition coefficient (Wildman–Crippen LogP) is 4.71. The number of benzene rings is 2. The summed E-state index contributed by atoms with van der Waals surface area (Å²) in [5.41, 5.74) is 0.845. The number of hydrogen-bond donors (Lipinski definition) is 0. The van der Waals surface area contributed by atoms with Gasteiger partial charge < -0.3 is 9.30 Å². The van der Waals surface area contributed by atoms with Gasteiger partial charge in [-0.25, -0.2) is 0 Å². The first-order valence-electron chi connectivity index (χ1n) is 6.85. The minimum atomic E-state index is -0.417. The van der Waals surface area contributed by atoms with Crippen molar-refractivity contribution in [2.45, 2.75) is 0 Å². The number of amides is 1. The van der Waals surface area contributed by atoms with Crippen molar-refractivity contribution >= 4 is 62.3 Å². The summed E-state index contributed by atoms with van der Waals surface area (Å²) in [5.74, 6) is -0.0346. The Balaban J connectivity index is 1.82. The molecule has 0 aliphatic carbocycles. The summed E-state index contributed by atoms with van der Waals surface area (Å²) in [6.07, 6.45) is 0. The van der Waals surface area contributed by atoms with E-state index in [0.717, 1.165) is 10.2 Å². The number of fused-ring (bicyclic) bond motifs is 1. The third kappa shape index (κ3) is 3.59. The van der Waals surface area contributed by atoms with E-state index in [1.165, 1.54) is 11.3 Å². The highest BCUT2D eigenvalue weighted by molar-refractivity contribution is 7.16. The van der Waals surface area contributed by atoms with E-state index in [4.69, 9.17) is 39.5 Å². The van der Waals surface area contributed by atoms with E-state index < -0.39 is 5.91 Å². The highest BCUT2D eigenvalue weighted by atomic mass is 35.5. The average molecular weight is 402 g/mol. The second-order valence-electron chi connectivity index (χ2n) is 4.90. The SMILES string of the molecule is Cn1c(=NC(=O)COc2ccc(Cl)cc2Cl)sc2cccc(Cl)c21. The number of aromatic nitrogens is 1. The van der Waals surface area contributed by atoms with E-state index in [-0.39, 0.29) is 6.61 Å². The molecule has 4 nitrogen and oxygen atoms in total. The first-order valence-corrected chi connectivity index (χ1v) is 8.80. The Morgan fingerprint density at radius 3 is 2.71 bits per heavy atom. The first kappa shape index (κ1) is 17.3. The number of rotatable bonds is 3. The Morgan fingerprint density at radius 1 is 1.21 bits per heavy atom. The van der Waals surface area contributed by atoms with Crippen molar-refractivity contribution in [2.24, 2.45) is 12.0 Å². The fourth-order valence-electron chi connectivity index (χ4n) is 2.13. The van der Waals surface area contributed by atoms with Gasteiger partial charge in [0.1, 0.15) is 5.75 Å². The molecule has 1 heterocycles. The second kappa shape index (κ2) is 7.15. The highest BCUT2D eigenvalue weighted by Crippen LogP contribution is 2.27. The number of carbonyl (C=O) groups excluding carboxylic acids is 1. The quantitative estimate of drug-likeness (QED) is 0.638. The summed E-state index contributed by atoms with van der Waals surface area (Å²) >= 11 is 19.4. The lowest BCUT2D eigenvalue weighted by atomic mass is 10.3. The van der Waals surface area contributed by atoms with Crippen molar-refractivity contribution in [3.63, 3.8) is 0 Å². The van der Waals surface area contributed by atoms with E-state index in [2.05, 4.69) is 4.99 Å². The van der Waals surface area contributed by atoms with E-state index in [1.807, 2.05) is 19.2 Å². The molecule has 1 amide bonds. The maximum absolute atomic E-state index is 12.1. The van der Waals surface area contributed by atoms with Gasteiger partial charge in [-0.2, -0.15) is 4.99 Å². The molecule has 3 aromatic rings. The standard InChI is InChI=1S/C16H11Cl3N2O2S/c1-21-15-10(18)3-2-4-13(15)24-16(21)20-14(22)8-23-12-6-5-9(17)7-11(12)19/h2-7H,8H2,1H3. The third-order valence-corrected chi connectivity index (χ3v) is 5.17. The van der Waals surface area contributed by atoms with Crippen LogP contribution >= 0.6 is 46.1 Å². The molecule has 0 N–H and O–H groups in total. The summed E-state index contributed by atoms with van der Waals surface area (Å²) in [7, 11) is 1.81. The van der Waals surface area contributed by atoms with E-state index in [9.17, 15) is 4.79 Å². The lowest BCUT2D eigenvalue weighted by Gasteiger charge is -2.05. The molecule has 0 radical (unpaired) electrons. The van der Waals surface area contributed by atoms with Crippen molar-refractivity contribution < 1.29 is 9.53 Å². The van der Waals surface area contributed by atoms with Crippen LogP contribution in [0.15, 0.2) is 41.4 Å². The summed E-state index contributed by atoms with van der Waals surface area (Å²) in [6.45, 7) is -0.219. The van der Waals surface area contributed by atoms with Gasteiger partial charge in [0, 0.05) is 12.1 Å². The Morgan fingerprint density at radius 2 is 2.00 bits per heavy atom. The Labute approximate surface area is 156 Å². The van der Waals surface area contributed by atoms with Crippen LogP contribution in [-0.4, -0.2) is 17.1 Å². The number of aryl methyl sites for hydroxylation is 1. The zero-order chi connectivity index (χ0) is 17.3. The summed E-state index contributed by atoms with van der Waals surface area (Å²) in [6, 6.07) is 10.4. The van der Waals surface area contributed by atoms with E-state index in [0.29, 0.717) is 25.6 Å². The third-order valence-electron chi connectivity index (χ3n) is 3.24. The van der Waals surface area contributed by atoms with Gasteiger partial charge in [-0.3, -0.25) is 4.79 Å². The molecule has 8 heteroatoms. The van der Waals surface area contributed by atoms with Gasteiger partial charge in [0.2, 0.25) is 0 Å². The predicted molar refractivity (Wildman–Crippen MR) is 98.3 cm³/mol. The molecule has 0 aliphatic rings. The smallest absolute Gasteiger partial charge is 0.286 e. The molecule has 0 fully saturated rings. The van der Waals surface area contributed by atoms with Crippen molar-refractivity contribution in [3.05, 3.63) is 56.3 Å². The summed E-state index contributed by atoms with van der Waals surface area (Å²) < 4.78 is 8.14. The fourth-order valence-corrected chi connectivity index (χ4v) is 4.02. The Kier molecular flexibility index (Phi) is 5.15. The van der Waals surface area contributed by atoms with Gasteiger partial charge in [-0.1, -0.05) is 52.2 Å². The van der Waals surface area contributed by atoms with Gasteiger partial charge in [-0.05, 0) is 30.3 Å². The van der Waals surface area contributed by atoms with Gasteiger partial charge in [0.25, 0.3) is 5.91 Å². The van der Waals surface area contributed by atoms with Crippen LogP contribution in [0.1, 0.15) is 0 Å². The molecule has 0 saturated carbocycles. The van der Waals surface area contributed by atoms with Crippen LogP contribution in [-0.2, 0) is 11.8 Å². The van der Waals surface area contributed by atoms with Crippen LogP contribution < -0.4 is 9.54 Å². The molecular weight excluding hydrogens is 391 g/mol. The minimum absolute atomic E-state index is 0.219. The molecule has 1 aromatic heterocycles. The van der Waals surface area contributed by atoms with Gasteiger partial charge in [0.15, 0.2) is 11.4 Å². The van der Waals surface area contributed by atoms with Crippen LogP contribution in [0, 0.1) is 0 Å². The summed E-state index contributed by atoms with van der Waals surface area (Å²) in [4.78, 5) is 16.7. The average Bonchev–Trinajstić information content (AvgIpc) is 2.84. The van der Waals surface area contributed by atoms with Crippen LogP contribution in [0.3, 0.4) is 0 Å². The van der Waals surface area contributed by atoms with E-state index in [1.54, 1.807) is 28.8 Å². The molecule has 0 aliphatic heterocycles. The maximum Gasteiger partial charge on any atom is 0.286 e. The van der Waals surface area contributed by atoms with Gasteiger partial charge >= 0.3 is 0 Å². The van der Waals surface area contributed by atoms with Crippen LogP contribution in [0.2, 0.25) is 15.1 Å². The van der Waals surface area contributed by atoms with Crippen molar-refractivity contribution in [3.8, 4) is 5.75 Å². The molecule has 0 unspecified atom stereocenters. The van der Waals surface area contributed by atoms with Gasteiger partial charge in [0.05, 0.1) is 20.3 Å². The monoisotopic (exact) mass is 400 g/mol. The molecule has 0 atom stereocenters. The number of thiazole rings is 1. The van der Waals surface area contributed by atoms with Gasteiger partial charge in [-0.15, -0.1) is 0 Å². The van der Waals surface area contributed by atoms with Crippen LogP contribution in [0.5, 0.6) is 5.75 Å². The largest absolute Gasteiger partial charge is 0.482 e. The molecule has 0 spiro atoms. The zero-order valence-electron chi connectivity index (χ0n) is 12.4. The van der Waals surface area contributed by atoms with Crippen molar-refractivity contribution in [1.29, 1.82) is 0 Å². The molecule has 24 heavy (non-hydrogen) atoms. The topological polar surface area (TPSA) is 43.6 Å². The zero-order valence-corrected chi connectivity index (χ0v) is 15.5. The summed E-state index contributed by atoms with van der Waals surface area (Å²) in [5, 5.41) is 1.45. The lowest BCUT2D eigenvalue weighted by molar-refractivity contribution is -0.120. The molecule has 0 bridgehead atoms. The Hall–Kier alpha value is -1.53. The van der Waals surface area contributed by atoms with E-state index >= 15 is 0 Å². The normalized spacial score (nSPS) is 11.9. The molecule has 3 rings (SSSR count). The second-order valence-corrected chi connectivity index (χ2v) is 7.16. The maximum atomic E-state index is 12.1. The Bertz CT molecular complexity index is 995. The number of para-hydroxylation sites is 1. The van der Waals surface area contributed by atoms with Crippen LogP contribution in [0.25, 0.3) is 10.2 Å². The van der Waals surface area contributed by atoms with Crippen LogP contribution in [0.4, 0.5) is 0 Å². The van der Waals surface area contributed by atoms with Crippen molar-refractivity contribution in [1.82, 2.24) is 4.57 Å².